The molecule has 1 heterocycles. The Kier molecular flexibility index (Phi) is 6.67. The molecule has 0 aliphatic rings. The largest absolute Gasteiger partial charge is 0.491 e. The van der Waals surface area contributed by atoms with Gasteiger partial charge in [-0.15, -0.1) is 23.1 Å². The summed E-state index contributed by atoms with van der Waals surface area (Å²) in [5.74, 6) is 1.49. The van der Waals surface area contributed by atoms with Gasteiger partial charge in [-0.2, -0.15) is 0 Å². The van der Waals surface area contributed by atoms with E-state index in [1.807, 2.05) is 61.5 Å². The van der Waals surface area contributed by atoms with Gasteiger partial charge in [-0.25, -0.2) is 4.98 Å². The Hall–Kier alpha value is -2.83. The van der Waals surface area contributed by atoms with E-state index in [4.69, 9.17) is 4.74 Å². The number of nitrogens with zero attached hydrogens (tertiary/aromatic N) is 1. The molecule has 0 saturated carbocycles. The molecule has 0 saturated heterocycles. The van der Waals surface area contributed by atoms with E-state index in [9.17, 15) is 4.79 Å². The third-order valence-electron chi connectivity index (χ3n) is 4.57. The number of hydrogen-bond donors (Lipinski definition) is 1. The van der Waals surface area contributed by atoms with Crippen molar-refractivity contribution in [2.75, 3.05) is 13.2 Å². The highest BCUT2D eigenvalue weighted by Gasteiger charge is 2.12. The van der Waals surface area contributed by atoms with E-state index < -0.39 is 0 Å². The zero-order valence-corrected chi connectivity index (χ0v) is 18.3. The highest BCUT2D eigenvalue weighted by atomic mass is 32.2. The van der Waals surface area contributed by atoms with Crippen molar-refractivity contribution < 1.29 is 9.53 Å². The fourth-order valence-corrected chi connectivity index (χ4v) is 4.81. The van der Waals surface area contributed by atoms with Gasteiger partial charge >= 0.3 is 0 Å². The molecule has 4 nitrogen and oxygen atoms in total. The molecule has 4 rings (SSSR count). The van der Waals surface area contributed by atoms with Gasteiger partial charge in [0.25, 0.3) is 5.91 Å². The number of aromatic nitrogens is 1. The number of nitrogens with one attached hydrogen (secondary N) is 1. The van der Waals surface area contributed by atoms with Crippen LogP contribution in [0.2, 0.25) is 0 Å². The van der Waals surface area contributed by atoms with Crippen LogP contribution in [-0.2, 0) is 5.75 Å². The van der Waals surface area contributed by atoms with Crippen LogP contribution in [0.4, 0.5) is 0 Å². The smallest absolute Gasteiger partial charge is 0.252 e. The number of fused-ring (bicyclic) bond motifs is 1. The zero-order chi connectivity index (χ0) is 20.8. The lowest BCUT2D eigenvalue weighted by Crippen LogP contribution is -2.28. The van der Waals surface area contributed by atoms with Gasteiger partial charge in [0, 0.05) is 21.4 Å². The van der Waals surface area contributed by atoms with Crippen molar-refractivity contribution in [3.63, 3.8) is 0 Å². The molecule has 0 radical (unpaired) electrons. The van der Waals surface area contributed by atoms with Gasteiger partial charge in [0.1, 0.15) is 12.4 Å². The Balaban J connectivity index is 1.33. The molecule has 0 fully saturated rings. The predicted octanol–water partition coefficient (Wildman–Crippen LogP) is 5.71. The second-order valence-electron chi connectivity index (χ2n) is 6.72. The van der Waals surface area contributed by atoms with E-state index >= 15 is 0 Å². The third kappa shape index (κ3) is 5.01. The lowest BCUT2D eigenvalue weighted by molar-refractivity contribution is 0.0944. The first kappa shape index (κ1) is 20.4. The van der Waals surface area contributed by atoms with Crippen molar-refractivity contribution in [3.8, 4) is 5.75 Å². The molecule has 152 valence electrons. The number of thioether (sulfide) groups is 1. The number of carbonyl (C=O) groups excluding carboxylic acids is 1. The van der Waals surface area contributed by atoms with E-state index in [0.29, 0.717) is 18.7 Å². The van der Waals surface area contributed by atoms with E-state index in [-0.39, 0.29) is 5.91 Å². The van der Waals surface area contributed by atoms with Crippen molar-refractivity contribution in [1.82, 2.24) is 10.3 Å². The van der Waals surface area contributed by atoms with Gasteiger partial charge in [0.15, 0.2) is 0 Å². The molecule has 0 aliphatic carbocycles. The van der Waals surface area contributed by atoms with Crippen LogP contribution >= 0.6 is 23.1 Å². The van der Waals surface area contributed by atoms with Gasteiger partial charge in [0.05, 0.1) is 22.8 Å². The van der Waals surface area contributed by atoms with Gasteiger partial charge in [0.2, 0.25) is 0 Å². The van der Waals surface area contributed by atoms with Crippen molar-refractivity contribution in [1.29, 1.82) is 0 Å². The summed E-state index contributed by atoms with van der Waals surface area (Å²) in [6, 6.07) is 21.8. The molecule has 1 amide bonds. The summed E-state index contributed by atoms with van der Waals surface area (Å²) < 4.78 is 5.92. The van der Waals surface area contributed by atoms with Crippen LogP contribution in [0.3, 0.4) is 0 Å². The molecular weight excluding hydrogens is 412 g/mol. The number of aryl methyl sites for hydroxylation is 1. The Labute approximate surface area is 184 Å². The van der Waals surface area contributed by atoms with E-state index in [1.54, 1.807) is 23.1 Å². The fraction of sp³-hybridized carbons (Fsp3) is 0.167. The van der Waals surface area contributed by atoms with Crippen molar-refractivity contribution in [3.05, 3.63) is 88.4 Å². The molecule has 30 heavy (non-hydrogen) atoms. The number of thiazole rings is 1. The molecule has 0 atom stereocenters. The number of ether oxygens (including phenoxy) is 1. The molecule has 0 aliphatic heterocycles. The first-order valence-electron chi connectivity index (χ1n) is 9.72. The highest BCUT2D eigenvalue weighted by molar-refractivity contribution is 7.98. The third-order valence-corrected chi connectivity index (χ3v) is 6.50. The molecule has 1 aromatic heterocycles. The normalized spacial score (nSPS) is 10.8. The monoisotopic (exact) mass is 434 g/mol. The van der Waals surface area contributed by atoms with Gasteiger partial charge in [-0.1, -0.05) is 48.5 Å². The maximum Gasteiger partial charge on any atom is 0.252 e. The maximum atomic E-state index is 12.7. The number of hydrogen-bond acceptors (Lipinski definition) is 5. The van der Waals surface area contributed by atoms with Crippen LogP contribution in [-0.4, -0.2) is 24.0 Å². The lowest BCUT2D eigenvalue weighted by Gasteiger charge is -2.11. The first-order valence-corrected chi connectivity index (χ1v) is 11.6. The zero-order valence-electron chi connectivity index (χ0n) is 16.6. The van der Waals surface area contributed by atoms with Crippen LogP contribution in [0.15, 0.2) is 77.0 Å². The molecular formula is C24H22N2O2S2. The summed E-state index contributed by atoms with van der Waals surface area (Å²) >= 11 is 3.28. The van der Waals surface area contributed by atoms with Gasteiger partial charge in [-0.3, -0.25) is 4.79 Å². The molecule has 0 bridgehead atoms. The van der Waals surface area contributed by atoms with Gasteiger partial charge in [-0.05, 0) is 30.5 Å². The molecule has 0 spiro atoms. The Morgan fingerprint density at radius 1 is 1.07 bits per heavy atom. The number of benzene rings is 3. The highest BCUT2D eigenvalue weighted by Crippen LogP contribution is 2.27. The van der Waals surface area contributed by atoms with Crippen molar-refractivity contribution in [2.24, 2.45) is 0 Å². The maximum absolute atomic E-state index is 12.7. The average Bonchev–Trinajstić information content (AvgIpc) is 3.20. The van der Waals surface area contributed by atoms with E-state index in [0.717, 1.165) is 37.9 Å². The minimum Gasteiger partial charge on any atom is -0.491 e. The first-order chi connectivity index (χ1) is 14.7. The van der Waals surface area contributed by atoms with Crippen LogP contribution in [0.25, 0.3) is 10.8 Å². The Morgan fingerprint density at radius 3 is 2.73 bits per heavy atom. The summed E-state index contributed by atoms with van der Waals surface area (Å²) in [7, 11) is 0. The lowest BCUT2D eigenvalue weighted by atomic mass is 10.1. The summed E-state index contributed by atoms with van der Waals surface area (Å²) in [6.07, 6.45) is 0. The van der Waals surface area contributed by atoms with E-state index in [2.05, 4.69) is 27.8 Å². The summed E-state index contributed by atoms with van der Waals surface area (Å²) in [5.41, 5.74) is 1.72. The molecule has 4 aromatic rings. The summed E-state index contributed by atoms with van der Waals surface area (Å²) in [4.78, 5) is 18.2. The minimum absolute atomic E-state index is 0.0888. The van der Waals surface area contributed by atoms with Crippen molar-refractivity contribution in [2.45, 2.75) is 17.6 Å². The molecule has 0 unspecified atom stereocenters. The van der Waals surface area contributed by atoms with Crippen molar-refractivity contribution >= 4 is 39.8 Å². The quantitative estimate of drug-likeness (QED) is 0.285. The number of rotatable bonds is 8. The SMILES string of the molecule is Cc1nc(CSc2ccccc2C(=O)NCCOc2cccc3ccccc23)cs1. The number of amides is 1. The number of carbonyl (C=O) groups is 1. The second-order valence-corrected chi connectivity index (χ2v) is 8.80. The van der Waals surface area contributed by atoms with Crippen LogP contribution in [0.1, 0.15) is 21.1 Å². The minimum atomic E-state index is -0.0888. The topological polar surface area (TPSA) is 51.2 Å². The Morgan fingerprint density at radius 2 is 1.87 bits per heavy atom. The molecule has 3 aromatic carbocycles. The average molecular weight is 435 g/mol. The fourth-order valence-electron chi connectivity index (χ4n) is 3.15. The van der Waals surface area contributed by atoms with Crippen LogP contribution in [0.5, 0.6) is 5.75 Å². The summed E-state index contributed by atoms with van der Waals surface area (Å²) in [5, 5.41) is 8.31. The Bertz CT molecular complexity index is 1150. The second kappa shape index (κ2) is 9.78. The molecule has 6 heteroatoms. The summed E-state index contributed by atoms with van der Waals surface area (Å²) in [6.45, 7) is 2.85. The molecule has 1 N–H and O–H groups in total. The standard InChI is InChI=1S/C24H22N2O2S2/c1-17-26-19(15-29-17)16-30-23-12-5-4-10-21(23)24(27)25-13-14-28-22-11-6-8-18-7-2-3-9-20(18)22/h2-12,15H,13-14,16H2,1H3,(H,25,27). The van der Waals surface area contributed by atoms with Crippen LogP contribution in [0, 0.1) is 6.92 Å². The van der Waals surface area contributed by atoms with Gasteiger partial charge < -0.3 is 10.1 Å². The predicted molar refractivity (Wildman–Crippen MR) is 125 cm³/mol. The van der Waals surface area contributed by atoms with E-state index in [1.165, 1.54) is 0 Å². The van der Waals surface area contributed by atoms with Crippen LogP contribution < -0.4 is 10.1 Å².